The van der Waals surface area contributed by atoms with Gasteiger partial charge in [0.05, 0.1) is 19.3 Å². The van der Waals surface area contributed by atoms with Crippen molar-refractivity contribution in [3.63, 3.8) is 0 Å². The minimum absolute atomic E-state index is 0.107. The molecule has 5 nitrogen and oxygen atoms in total. The number of carbonyl (C=O) groups is 1. The summed E-state index contributed by atoms with van der Waals surface area (Å²) in [6.45, 7) is 4.41. The highest BCUT2D eigenvalue weighted by molar-refractivity contribution is 5.87. The Balaban J connectivity index is 1.66. The summed E-state index contributed by atoms with van der Waals surface area (Å²) in [4.78, 5) is 19.4. The first-order valence-electron chi connectivity index (χ1n) is 11.8. The van der Waals surface area contributed by atoms with Gasteiger partial charge >= 0.3 is 5.97 Å². The minimum Gasteiger partial charge on any atom is -0.497 e. The molecule has 174 valence electrons. The van der Waals surface area contributed by atoms with Crippen molar-refractivity contribution in [2.45, 2.75) is 45.0 Å². The van der Waals surface area contributed by atoms with E-state index in [-0.39, 0.29) is 18.1 Å². The van der Waals surface area contributed by atoms with Crippen LogP contribution >= 0.6 is 0 Å². The summed E-state index contributed by atoms with van der Waals surface area (Å²) in [7, 11) is 1.67. The molecule has 4 aromatic rings. The molecule has 0 saturated heterocycles. The molecule has 0 spiro atoms. The number of hydrogen-bond donors (Lipinski definition) is 1. The maximum Gasteiger partial charge on any atom is 0.323 e. The largest absolute Gasteiger partial charge is 0.497 e. The number of rotatable bonds is 6. The Hall–Kier alpha value is -3.57. The van der Waals surface area contributed by atoms with E-state index in [1.807, 2.05) is 38.1 Å². The number of H-pyrrole nitrogens is 1. The zero-order chi connectivity index (χ0) is 23.7. The number of fused-ring (bicyclic) bond motifs is 3. The van der Waals surface area contributed by atoms with Crippen molar-refractivity contribution in [1.29, 1.82) is 0 Å². The Bertz CT molecular complexity index is 1280. The maximum atomic E-state index is 13.5. The SMILES string of the molecule is COc1ccc(CN2[C@H](c3ccccc3)c3[nH]c4ccccc4c3C[C@@H]2C(=O)OC(C)C)cc1. The van der Waals surface area contributed by atoms with Crippen molar-refractivity contribution in [3.05, 3.63) is 101 Å². The third-order valence-corrected chi connectivity index (χ3v) is 6.51. The number of nitrogens with one attached hydrogen (secondary N) is 1. The van der Waals surface area contributed by atoms with Crippen LogP contribution in [0, 0.1) is 0 Å². The average molecular weight is 455 g/mol. The van der Waals surface area contributed by atoms with Gasteiger partial charge in [-0.3, -0.25) is 9.69 Å². The lowest BCUT2D eigenvalue weighted by molar-refractivity contribution is -0.155. The number of methoxy groups -OCH3 is 1. The highest BCUT2D eigenvalue weighted by atomic mass is 16.5. The highest BCUT2D eigenvalue weighted by Crippen LogP contribution is 2.42. The molecule has 0 bridgehead atoms. The third kappa shape index (κ3) is 4.19. The molecule has 0 unspecified atom stereocenters. The summed E-state index contributed by atoms with van der Waals surface area (Å²) in [6, 6.07) is 26.3. The van der Waals surface area contributed by atoms with Crippen molar-refractivity contribution in [1.82, 2.24) is 9.88 Å². The molecule has 1 aliphatic rings. The predicted molar refractivity (Wildman–Crippen MR) is 134 cm³/mol. The molecule has 1 N–H and O–H groups in total. The summed E-state index contributed by atoms with van der Waals surface area (Å²) in [6.07, 6.45) is 0.430. The van der Waals surface area contributed by atoms with Crippen LogP contribution in [0.1, 0.15) is 42.3 Å². The van der Waals surface area contributed by atoms with E-state index in [9.17, 15) is 4.79 Å². The van der Waals surface area contributed by atoms with Gasteiger partial charge in [0.25, 0.3) is 0 Å². The van der Waals surface area contributed by atoms with E-state index >= 15 is 0 Å². The molecule has 2 heterocycles. The van der Waals surface area contributed by atoms with E-state index in [4.69, 9.17) is 9.47 Å². The van der Waals surface area contributed by atoms with Gasteiger partial charge in [-0.2, -0.15) is 0 Å². The third-order valence-electron chi connectivity index (χ3n) is 6.51. The van der Waals surface area contributed by atoms with E-state index in [2.05, 4.69) is 64.5 Å². The van der Waals surface area contributed by atoms with Crippen LogP contribution in [0.25, 0.3) is 10.9 Å². The first kappa shape index (κ1) is 22.2. The summed E-state index contributed by atoms with van der Waals surface area (Å²) < 4.78 is 11.1. The van der Waals surface area contributed by atoms with Gasteiger partial charge in [-0.1, -0.05) is 60.7 Å². The number of benzene rings is 3. The topological polar surface area (TPSA) is 54.6 Å². The summed E-state index contributed by atoms with van der Waals surface area (Å²) in [5.74, 6) is 0.635. The Kier molecular flexibility index (Phi) is 6.12. The standard InChI is InChI=1S/C29H30N2O3/c1-19(2)34-29(32)26-17-24-23-11-7-8-12-25(23)30-27(24)28(21-9-5-4-6-10-21)31(26)18-20-13-15-22(33-3)16-14-20/h4-16,19,26,28,30H,17-18H2,1-3H3/t26-,28-/m1/s1. The highest BCUT2D eigenvalue weighted by Gasteiger charge is 2.41. The number of esters is 1. The van der Waals surface area contributed by atoms with Gasteiger partial charge in [0, 0.05) is 29.6 Å². The number of para-hydroxylation sites is 1. The average Bonchev–Trinajstić information content (AvgIpc) is 3.22. The van der Waals surface area contributed by atoms with Gasteiger partial charge in [-0.15, -0.1) is 0 Å². The molecule has 5 heteroatoms. The lowest BCUT2D eigenvalue weighted by Crippen LogP contribution is -2.49. The molecule has 1 aromatic heterocycles. The van der Waals surface area contributed by atoms with E-state index in [1.54, 1.807) is 7.11 Å². The molecule has 3 aromatic carbocycles. The predicted octanol–water partition coefficient (Wildman–Crippen LogP) is 5.64. The lowest BCUT2D eigenvalue weighted by atomic mass is 9.87. The molecule has 1 aliphatic heterocycles. The van der Waals surface area contributed by atoms with Crippen LogP contribution in [0.4, 0.5) is 0 Å². The molecule has 0 fully saturated rings. The monoisotopic (exact) mass is 454 g/mol. The molecule has 0 aliphatic carbocycles. The second-order valence-electron chi connectivity index (χ2n) is 9.10. The summed E-state index contributed by atoms with van der Waals surface area (Å²) in [5.41, 5.74) is 5.70. The number of nitrogens with zero attached hydrogens (tertiary/aromatic N) is 1. The number of carbonyl (C=O) groups excluding carboxylic acids is 1. The molecule has 2 atom stereocenters. The first-order chi connectivity index (χ1) is 16.5. The zero-order valence-electron chi connectivity index (χ0n) is 19.8. The van der Waals surface area contributed by atoms with E-state index in [1.165, 1.54) is 10.9 Å². The Labute approximate surface area is 200 Å². The Morgan fingerprint density at radius 3 is 2.41 bits per heavy atom. The Morgan fingerprint density at radius 2 is 1.71 bits per heavy atom. The minimum atomic E-state index is -0.401. The zero-order valence-corrected chi connectivity index (χ0v) is 19.8. The van der Waals surface area contributed by atoms with E-state index < -0.39 is 6.04 Å². The van der Waals surface area contributed by atoms with Crippen LogP contribution < -0.4 is 4.74 Å². The van der Waals surface area contributed by atoms with Gasteiger partial charge < -0.3 is 14.5 Å². The molecule has 0 radical (unpaired) electrons. The van der Waals surface area contributed by atoms with Crippen molar-refractivity contribution in [3.8, 4) is 5.75 Å². The smallest absolute Gasteiger partial charge is 0.323 e. The second kappa shape index (κ2) is 9.35. The van der Waals surface area contributed by atoms with Gasteiger partial charge in [0.2, 0.25) is 0 Å². The first-order valence-corrected chi connectivity index (χ1v) is 11.8. The second-order valence-corrected chi connectivity index (χ2v) is 9.10. The van der Waals surface area contributed by atoms with Gasteiger partial charge in [-0.05, 0) is 48.7 Å². The molecular weight excluding hydrogens is 424 g/mol. The fourth-order valence-corrected chi connectivity index (χ4v) is 5.00. The molecule has 0 amide bonds. The molecule has 34 heavy (non-hydrogen) atoms. The number of aromatic amines is 1. The van der Waals surface area contributed by atoms with Crippen LogP contribution in [0.5, 0.6) is 5.75 Å². The van der Waals surface area contributed by atoms with Crippen molar-refractivity contribution >= 4 is 16.9 Å². The van der Waals surface area contributed by atoms with Gasteiger partial charge in [-0.25, -0.2) is 0 Å². The summed E-state index contributed by atoms with van der Waals surface area (Å²) >= 11 is 0. The van der Waals surface area contributed by atoms with Crippen molar-refractivity contribution in [2.24, 2.45) is 0 Å². The molecular formula is C29H30N2O3. The quantitative estimate of drug-likeness (QED) is 0.383. The van der Waals surface area contributed by atoms with Crippen LogP contribution in [-0.4, -0.2) is 35.1 Å². The van der Waals surface area contributed by atoms with Gasteiger partial charge in [0.15, 0.2) is 0 Å². The Morgan fingerprint density at radius 1 is 1.00 bits per heavy atom. The van der Waals surface area contributed by atoms with Crippen LogP contribution in [0.2, 0.25) is 0 Å². The van der Waals surface area contributed by atoms with Gasteiger partial charge in [0.1, 0.15) is 11.8 Å². The maximum absolute atomic E-state index is 13.5. The van der Waals surface area contributed by atoms with Crippen LogP contribution in [-0.2, 0) is 22.5 Å². The normalized spacial score (nSPS) is 18.1. The van der Waals surface area contributed by atoms with Crippen LogP contribution in [0.15, 0.2) is 78.9 Å². The fourth-order valence-electron chi connectivity index (χ4n) is 5.00. The molecule has 5 rings (SSSR count). The number of aromatic nitrogens is 1. The fraction of sp³-hybridized carbons (Fsp3) is 0.276. The lowest BCUT2D eigenvalue weighted by Gasteiger charge is -2.41. The van der Waals surface area contributed by atoms with E-state index in [0.29, 0.717) is 13.0 Å². The summed E-state index contributed by atoms with van der Waals surface area (Å²) in [5, 5.41) is 1.17. The van der Waals surface area contributed by atoms with Crippen LogP contribution in [0.3, 0.4) is 0 Å². The van der Waals surface area contributed by atoms with E-state index in [0.717, 1.165) is 28.1 Å². The van der Waals surface area contributed by atoms with Crippen molar-refractivity contribution < 1.29 is 14.3 Å². The van der Waals surface area contributed by atoms with Crippen molar-refractivity contribution in [2.75, 3.05) is 7.11 Å². The number of ether oxygens (including phenoxy) is 2. The number of hydrogen-bond acceptors (Lipinski definition) is 4. The molecule has 0 saturated carbocycles.